The second-order valence-corrected chi connectivity index (χ2v) is 6.77. The molecule has 0 aliphatic rings. The summed E-state index contributed by atoms with van der Waals surface area (Å²) in [5.74, 6) is 1.73. The third-order valence-corrected chi connectivity index (χ3v) is 4.84. The number of ether oxygens (including phenoxy) is 1. The van der Waals surface area contributed by atoms with E-state index in [-0.39, 0.29) is 5.56 Å². The summed E-state index contributed by atoms with van der Waals surface area (Å²) < 4.78 is 13.0. The fraction of sp³-hybridized carbons (Fsp3) is 0.211. The molecular formula is C19H17N3O3S. The first-order valence-corrected chi connectivity index (χ1v) is 9.25. The number of rotatable bonds is 6. The molecule has 0 radical (unpaired) electrons. The van der Waals surface area contributed by atoms with Crippen molar-refractivity contribution in [1.82, 2.24) is 14.6 Å². The molecule has 4 aromatic rings. The van der Waals surface area contributed by atoms with Gasteiger partial charge in [-0.05, 0) is 30.7 Å². The van der Waals surface area contributed by atoms with Crippen LogP contribution in [-0.2, 0) is 0 Å². The summed E-state index contributed by atoms with van der Waals surface area (Å²) in [6, 6.07) is 11.2. The number of benzene rings is 1. The zero-order valence-corrected chi connectivity index (χ0v) is 15.0. The van der Waals surface area contributed by atoms with Gasteiger partial charge in [0.05, 0.1) is 17.4 Å². The molecule has 0 fully saturated rings. The van der Waals surface area contributed by atoms with Crippen molar-refractivity contribution in [3.05, 3.63) is 63.1 Å². The van der Waals surface area contributed by atoms with Gasteiger partial charge in [0.1, 0.15) is 5.75 Å². The molecule has 3 aromatic heterocycles. The minimum atomic E-state index is -0.196. The van der Waals surface area contributed by atoms with Crippen LogP contribution in [0, 0.1) is 0 Å². The Kier molecular flexibility index (Phi) is 4.53. The zero-order valence-electron chi connectivity index (χ0n) is 14.2. The van der Waals surface area contributed by atoms with Crippen molar-refractivity contribution < 1.29 is 9.15 Å². The monoisotopic (exact) mass is 367 g/mol. The minimum absolute atomic E-state index is 0.196. The van der Waals surface area contributed by atoms with Gasteiger partial charge in [-0.15, -0.1) is 5.10 Å². The van der Waals surface area contributed by atoms with E-state index in [1.165, 1.54) is 15.9 Å². The summed E-state index contributed by atoms with van der Waals surface area (Å²) in [6.45, 7) is 2.78. The van der Waals surface area contributed by atoms with Gasteiger partial charge in [0.2, 0.25) is 10.8 Å². The molecule has 0 amide bonds. The average Bonchev–Trinajstić information content (AvgIpc) is 3.36. The first-order valence-electron chi connectivity index (χ1n) is 8.43. The molecule has 0 saturated heterocycles. The van der Waals surface area contributed by atoms with Crippen LogP contribution in [0.4, 0.5) is 0 Å². The van der Waals surface area contributed by atoms with Crippen molar-refractivity contribution in [2.24, 2.45) is 0 Å². The molecule has 132 valence electrons. The maximum atomic E-state index is 12.7. The Hall–Kier alpha value is -2.93. The number of aromatic nitrogens is 3. The Morgan fingerprint density at radius 2 is 2.15 bits per heavy atom. The Bertz CT molecular complexity index is 1130. The largest absolute Gasteiger partial charge is 0.493 e. The number of thiazole rings is 1. The highest BCUT2D eigenvalue weighted by atomic mass is 32.1. The molecule has 7 heteroatoms. The number of furan rings is 1. The molecule has 4 rings (SSSR count). The Labute approximate surface area is 153 Å². The zero-order chi connectivity index (χ0) is 17.9. The van der Waals surface area contributed by atoms with Crippen molar-refractivity contribution in [1.29, 1.82) is 0 Å². The lowest BCUT2D eigenvalue weighted by Crippen LogP contribution is -2.23. The Morgan fingerprint density at radius 3 is 2.92 bits per heavy atom. The molecule has 0 unspecified atom stereocenters. The SMILES string of the molecule is CCCCOc1ccccc1/C=c1\sc2nc(-c3ccco3)nn2c1=O. The van der Waals surface area contributed by atoms with Crippen LogP contribution in [0.5, 0.6) is 5.75 Å². The smallest absolute Gasteiger partial charge is 0.291 e. The van der Waals surface area contributed by atoms with E-state index in [9.17, 15) is 4.79 Å². The maximum absolute atomic E-state index is 12.7. The minimum Gasteiger partial charge on any atom is -0.493 e. The Morgan fingerprint density at radius 1 is 1.27 bits per heavy atom. The molecule has 1 aromatic carbocycles. The quantitative estimate of drug-likeness (QED) is 0.490. The van der Waals surface area contributed by atoms with E-state index in [2.05, 4.69) is 17.0 Å². The molecular weight excluding hydrogens is 350 g/mol. The van der Waals surface area contributed by atoms with Crippen LogP contribution >= 0.6 is 11.3 Å². The summed E-state index contributed by atoms with van der Waals surface area (Å²) in [5.41, 5.74) is 0.676. The van der Waals surface area contributed by atoms with Gasteiger partial charge < -0.3 is 9.15 Å². The summed E-state index contributed by atoms with van der Waals surface area (Å²) in [6.07, 6.45) is 5.45. The van der Waals surface area contributed by atoms with Crippen molar-refractivity contribution in [2.45, 2.75) is 19.8 Å². The van der Waals surface area contributed by atoms with Crippen LogP contribution in [0.25, 0.3) is 22.6 Å². The summed E-state index contributed by atoms with van der Waals surface area (Å²) in [5, 5.41) is 4.26. The van der Waals surface area contributed by atoms with Crippen LogP contribution in [-0.4, -0.2) is 21.2 Å². The molecule has 3 heterocycles. The number of para-hydroxylation sites is 1. The van der Waals surface area contributed by atoms with E-state index in [4.69, 9.17) is 9.15 Å². The number of unbranched alkanes of at least 4 members (excludes halogenated alkanes) is 1. The molecule has 6 nitrogen and oxygen atoms in total. The van der Waals surface area contributed by atoms with Gasteiger partial charge in [0.15, 0.2) is 5.76 Å². The predicted octanol–water partition coefficient (Wildman–Crippen LogP) is 3.14. The van der Waals surface area contributed by atoms with Crippen LogP contribution in [0.15, 0.2) is 51.9 Å². The first kappa shape index (κ1) is 16.5. The third-order valence-electron chi connectivity index (χ3n) is 3.88. The van der Waals surface area contributed by atoms with E-state index < -0.39 is 0 Å². The van der Waals surface area contributed by atoms with Crippen molar-refractivity contribution in [2.75, 3.05) is 6.61 Å². The second kappa shape index (κ2) is 7.13. The summed E-state index contributed by atoms with van der Waals surface area (Å²) in [7, 11) is 0. The van der Waals surface area contributed by atoms with Gasteiger partial charge in [-0.25, -0.2) is 0 Å². The van der Waals surface area contributed by atoms with Gasteiger partial charge in [-0.2, -0.15) is 9.50 Å². The van der Waals surface area contributed by atoms with Crippen LogP contribution in [0.2, 0.25) is 0 Å². The highest BCUT2D eigenvalue weighted by molar-refractivity contribution is 7.15. The van der Waals surface area contributed by atoms with E-state index in [0.29, 0.717) is 27.7 Å². The number of nitrogens with zero attached hydrogens (tertiary/aromatic N) is 3. The van der Waals surface area contributed by atoms with Gasteiger partial charge in [-0.1, -0.05) is 42.9 Å². The summed E-state index contributed by atoms with van der Waals surface area (Å²) >= 11 is 1.30. The molecule has 0 aliphatic heterocycles. The van der Waals surface area contributed by atoms with Gasteiger partial charge in [0, 0.05) is 5.56 Å². The average molecular weight is 367 g/mol. The molecule has 0 spiro atoms. The molecule has 26 heavy (non-hydrogen) atoms. The number of fused-ring (bicyclic) bond motifs is 1. The normalized spacial score (nSPS) is 12.1. The topological polar surface area (TPSA) is 69.6 Å². The standard InChI is InChI=1S/C19H17N3O3S/c1-2-3-10-24-14-8-5-4-7-13(14)12-16-18(23)22-19(26-16)20-17(21-22)15-9-6-11-25-15/h4-9,11-12H,2-3,10H2,1H3/b16-12-. The van der Waals surface area contributed by atoms with Gasteiger partial charge in [-0.3, -0.25) is 4.79 Å². The van der Waals surface area contributed by atoms with Crippen molar-refractivity contribution >= 4 is 22.4 Å². The number of hydrogen-bond acceptors (Lipinski definition) is 6. The van der Waals surface area contributed by atoms with Crippen molar-refractivity contribution in [3.63, 3.8) is 0 Å². The fourth-order valence-corrected chi connectivity index (χ4v) is 3.44. The van der Waals surface area contributed by atoms with E-state index in [1.54, 1.807) is 18.4 Å². The molecule has 0 saturated carbocycles. The highest BCUT2D eigenvalue weighted by Gasteiger charge is 2.13. The lowest BCUT2D eigenvalue weighted by Gasteiger charge is -2.07. The van der Waals surface area contributed by atoms with E-state index in [1.807, 2.05) is 30.3 Å². The predicted molar refractivity (Wildman–Crippen MR) is 100 cm³/mol. The first-order chi connectivity index (χ1) is 12.8. The third kappa shape index (κ3) is 3.13. The second-order valence-electron chi connectivity index (χ2n) is 5.76. The summed E-state index contributed by atoms with van der Waals surface area (Å²) in [4.78, 5) is 17.6. The van der Waals surface area contributed by atoms with E-state index >= 15 is 0 Å². The lowest BCUT2D eigenvalue weighted by molar-refractivity contribution is 0.309. The molecule has 0 N–H and O–H groups in total. The maximum Gasteiger partial charge on any atom is 0.291 e. The Balaban J connectivity index is 1.72. The van der Waals surface area contributed by atoms with Gasteiger partial charge in [0.25, 0.3) is 5.56 Å². The molecule has 0 aliphatic carbocycles. The van der Waals surface area contributed by atoms with Gasteiger partial charge >= 0.3 is 0 Å². The van der Waals surface area contributed by atoms with E-state index in [0.717, 1.165) is 24.2 Å². The highest BCUT2D eigenvalue weighted by Crippen LogP contribution is 2.20. The molecule has 0 bridgehead atoms. The number of hydrogen-bond donors (Lipinski definition) is 0. The molecule has 0 atom stereocenters. The van der Waals surface area contributed by atoms with Crippen LogP contribution < -0.4 is 14.8 Å². The fourth-order valence-electron chi connectivity index (χ4n) is 2.54. The van der Waals surface area contributed by atoms with Crippen LogP contribution in [0.1, 0.15) is 25.3 Å². The van der Waals surface area contributed by atoms with Crippen molar-refractivity contribution in [3.8, 4) is 17.3 Å². The van der Waals surface area contributed by atoms with Crippen LogP contribution in [0.3, 0.4) is 0 Å². The lowest BCUT2D eigenvalue weighted by atomic mass is 10.2.